The first-order valence-electron chi connectivity index (χ1n) is 10.1. The Balaban J connectivity index is 1.66. The first-order valence-corrected chi connectivity index (χ1v) is 10.4. The number of ether oxygens (including phenoxy) is 2. The average molecular weight is 480 g/mol. The zero-order chi connectivity index (χ0) is 23.9. The number of nitriles is 1. The van der Waals surface area contributed by atoms with Gasteiger partial charge in [0, 0.05) is 6.20 Å². The van der Waals surface area contributed by atoms with Crippen molar-refractivity contribution < 1.29 is 19.4 Å². The molecule has 0 aliphatic rings. The second-order valence-corrected chi connectivity index (χ2v) is 7.24. The number of rotatable bonds is 9. The first-order chi connectivity index (χ1) is 16.6. The zero-order valence-corrected chi connectivity index (χ0v) is 18.4. The third kappa shape index (κ3) is 4.94. The van der Waals surface area contributed by atoms with Gasteiger partial charge in [-0.05, 0) is 24.3 Å². The normalized spacial score (nSPS) is 11.7. The Morgan fingerprint density at radius 1 is 1.24 bits per heavy atom. The number of hydrogen-bond donors (Lipinski definition) is 2. The third-order valence-electron chi connectivity index (χ3n) is 4.62. The van der Waals surface area contributed by atoms with Crippen LogP contribution in [0.1, 0.15) is 5.56 Å². The Hall–Kier alpha value is -4.11. The van der Waals surface area contributed by atoms with Crippen molar-refractivity contribution in [3.8, 4) is 17.6 Å². The molecule has 1 aromatic carbocycles. The van der Waals surface area contributed by atoms with Crippen molar-refractivity contribution in [3.63, 3.8) is 0 Å². The summed E-state index contributed by atoms with van der Waals surface area (Å²) in [4.78, 5) is 25.3. The number of carbonyl (C=O) groups is 1. The van der Waals surface area contributed by atoms with Gasteiger partial charge in [-0.1, -0.05) is 23.7 Å². The van der Waals surface area contributed by atoms with E-state index in [-0.39, 0.29) is 25.7 Å². The molecule has 3 heterocycles. The van der Waals surface area contributed by atoms with Crippen molar-refractivity contribution in [1.29, 1.82) is 5.26 Å². The molecule has 172 valence electrons. The van der Waals surface area contributed by atoms with Crippen LogP contribution in [0.15, 0.2) is 55.1 Å². The van der Waals surface area contributed by atoms with Gasteiger partial charge in [0.2, 0.25) is 12.0 Å². The van der Waals surface area contributed by atoms with E-state index in [4.69, 9.17) is 26.2 Å². The minimum absolute atomic E-state index is 0.0251. The van der Waals surface area contributed by atoms with Crippen LogP contribution in [0.5, 0.6) is 5.88 Å². The van der Waals surface area contributed by atoms with E-state index in [2.05, 4.69) is 31.4 Å². The standard InChI is InChI=1S/C22H18ClN7O4/c23-16-5-3-4-14(10-24)19(16)30-20-15(11-28-30)22(27-13-26-20)34-17(12-33-9-8-31)21(32)29-18-6-1-2-7-25-18/h1-7,11,13,17,31H,8-9,12H2,(H,25,29,32)/t17-/m0/s1. The number of aromatic nitrogens is 5. The number of nitrogens with zero attached hydrogens (tertiary/aromatic N) is 6. The largest absolute Gasteiger partial charge is 0.461 e. The summed E-state index contributed by atoms with van der Waals surface area (Å²) in [6, 6.07) is 12.1. The number of aliphatic hydroxyl groups is 1. The number of benzene rings is 1. The fourth-order valence-electron chi connectivity index (χ4n) is 3.10. The second-order valence-electron chi connectivity index (χ2n) is 6.83. The molecule has 0 saturated carbocycles. The van der Waals surface area contributed by atoms with Crippen LogP contribution >= 0.6 is 11.6 Å². The maximum absolute atomic E-state index is 12.9. The van der Waals surface area contributed by atoms with Crippen molar-refractivity contribution >= 4 is 34.4 Å². The minimum atomic E-state index is -1.12. The lowest BCUT2D eigenvalue weighted by Crippen LogP contribution is -2.37. The van der Waals surface area contributed by atoms with Gasteiger partial charge in [-0.15, -0.1) is 0 Å². The summed E-state index contributed by atoms with van der Waals surface area (Å²) in [5, 5.41) is 26.2. The Bertz CT molecular complexity index is 1340. The van der Waals surface area contributed by atoms with E-state index < -0.39 is 12.0 Å². The molecule has 34 heavy (non-hydrogen) atoms. The van der Waals surface area contributed by atoms with E-state index in [1.165, 1.54) is 17.2 Å². The van der Waals surface area contributed by atoms with Gasteiger partial charge in [-0.25, -0.2) is 19.6 Å². The summed E-state index contributed by atoms with van der Waals surface area (Å²) in [5.41, 5.74) is 1.00. The number of nitrogens with one attached hydrogen (secondary N) is 1. The van der Waals surface area contributed by atoms with E-state index in [0.29, 0.717) is 33.1 Å². The van der Waals surface area contributed by atoms with Crippen LogP contribution < -0.4 is 10.1 Å². The maximum Gasteiger partial charge on any atom is 0.269 e. The molecule has 0 bridgehead atoms. The van der Waals surface area contributed by atoms with Gasteiger partial charge >= 0.3 is 0 Å². The average Bonchev–Trinajstić information content (AvgIpc) is 3.28. The molecule has 0 aliphatic carbocycles. The molecule has 0 fully saturated rings. The van der Waals surface area contributed by atoms with Gasteiger partial charge in [0.05, 0.1) is 36.6 Å². The number of halogens is 1. The van der Waals surface area contributed by atoms with Crippen LogP contribution in [0.25, 0.3) is 16.7 Å². The van der Waals surface area contributed by atoms with Gasteiger partial charge in [-0.3, -0.25) is 4.79 Å². The molecule has 2 N–H and O–H groups in total. The molecule has 12 heteroatoms. The monoisotopic (exact) mass is 479 g/mol. The van der Waals surface area contributed by atoms with Crippen molar-refractivity contribution in [3.05, 3.63) is 65.7 Å². The first kappa shape index (κ1) is 23.1. The van der Waals surface area contributed by atoms with Crippen LogP contribution in [0.4, 0.5) is 5.82 Å². The predicted molar refractivity (Wildman–Crippen MR) is 122 cm³/mol. The highest BCUT2D eigenvalue weighted by Gasteiger charge is 2.25. The zero-order valence-electron chi connectivity index (χ0n) is 17.6. The summed E-state index contributed by atoms with van der Waals surface area (Å²) < 4.78 is 12.6. The highest BCUT2D eigenvalue weighted by molar-refractivity contribution is 6.32. The Labute approximate surface area is 198 Å². The van der Waals surface area contributed by atoms with Crippen LogP contribution in [0, 0.1) is 11.3 Å². The number of hydrogen-bond acceptors (Lipinski definition) is 9. The van der Waals surface area contributed by atoms with E-state index >= 15 is 0 Å². The van der Waals surface area contributed by atoms with Gasteiger partial charge < -0.3 is 19.9 Å². The molecular weight excluding hydrogens is 462 g/mol. The molecule has 11 nitrogen and oxygen atoms in total. The number of amides is 1. The quantitative estimate of drug-likeness (QED) is 0.344. The van der Waals surface area contributed by atoms with Crippen molar-refractivity contribution in [2.75, 3.05) is 25.1 Å². The molecule has 0 radical (unpaired) electrons. The summed E-state index contributed by atoms with van der Waals surface area (Å²) in [6.07, 6.45) is 3.13. The highest BCUT2D eigenvalue weighted by atomic mass is 35.5. The van der Waals surface area contributed by atoms with Gasteiger partial charge in [0.25, 0.3) is 5.91 Å². The number of aliphatic hydroxyl groups excluding tert-OH is 1. The van der Waals surface area contributed by atoms with E-state index in [1.807, 2.05) is 0 Å². The van der Waals surface area contributed by atoms with Crippen LogP contribution in [0.2, 0.25) is 5.02 Å². The molecule has 3 aromatic heterocycles. The van der Waals surface area contributed by atoms with Gasteiger partial charge in [0.15, 0.2) is 5.65 Å². The summed E-state index contributed by atoms with van der Waals surface area (Å²) >= 11 is 6.33. The number of carbonyl (C=O) groups excluding carboxylic acids is 1. The van der Waals surface area contributed by atoms with Crippen molar-refractivity contribution in [2.45, 2.75) is 6.10 Å². The molecule has 1 amide bonds. The molecule has 1 atom stereocenters. The van der Waals surface area contributed by atoms with Crippen molar-refractivity contribution in [1.82, 2.24) is 24.7 Å². The third-order valence-corrected chi connectivity index (χ3v) is 4.92. The Morgan fingerprint density at radius 3 is 2.88 bits per heavy atom. The molecule has 4 rings (SSSR count). The predicted octanol–water partition coefficient (Wildman–Crippen LogP) is 2.13. The van der Waals surface area contributed by atoms with Crippen LogP contribution in [-0.4, -0.2) is 61.7 Å². The lowest BCUT2D eigenvalue weighted by atomic mass is 10.2. The van der Waals surface area contributed by atoms with Gasteiger partial charge in [-0.2, -0.15) is 10.4 Å². The van der Waals surface area contributed by atoms with Crippen molar-refractivity contribution in [2.24, 2.45) is 0 Å². The summed E-state index contributed by atoms with van der Waals surface area (Å²) in [5.74, 6) is -0.101. The molecule has 4 aromatic rings. The molecule has 0 aliphatic heterocycles. The maximum atomic E-state index is 12.9. The fraction of sp³-hybridized carbons (Fsp3) is 0.182. The number of fused-ring (bicyclic) bond motifs is 1. The number of para-hydroxylation sites is 1. The summed E-state index contributed by atoms with van der Waals surface area (Å²) in [7, 11) is 0. The lowest BCUT2D eigenvalue weighted by molar-refractivity contribution is -0.125. The second kappa shape index (κ2) is 10.7. The highest BCUT2D eigenvalue weighted by Crippen LogP contribution is 2.29. The lowest BCUT2D eigenvalue weighted by Gasteiger charge is -2.18. The fourth-order valence-corrected chi connectivity index (χ4v) is 3.35. The van der Waals surface area contributed by atoms with Crippen LogP contribution in [0.3, 0.4) is 0 Å². The summed E-state index contributed by atoms with van der Waals surface area (Å²) in [6.45, 7) is -0.336. The molecule has 0 spiro atoms. The van der Waals surface area contributed by atoms with E-state index in [9.17, 15) is 10.1 Å². The van der Waals surface area contributed by atoms with E-state index in [1.54, 1.807) is 42.6 Å². The van der Waals surface area contributed by atoms with E-state index in [0.717, 1.165) is 0 Å². The van der Waals surface area contributed by atoms with Gasteiger partial charge in [0.1, 0.15) is 29.3 Å². The number of pyridine rings is 1. The molecule has 0 unspecified atom stereocenters. The minimum Gasteiger partial charge on any atom is -0.461 e. The smallest absolute Gasteiger partial charge is 0.269 e. The molecular formula is C22H18ClN7O4. The topological polar surface area (TPSA) is 148 Å². The number of anilines is 1. The molecule has 0 saturated heterocycles. The van der Waals surface area contributed by atoms with Crippen LogP contribution in [-0.2, 0) is 9.53 Å². The SMILES string of the molecule is N#Cc1cccc(Cl)c1-n1ncc2c(O[C@@H](COCCO)C(=O)Nc3ccccn3)ncnc21. The Kier molecular flexibility index (Phi) is 7.24. The Morgan fingerprint density at radius 2 is 2.12 bits per heavy atom.